The number of halogens is 1. The van der Waals surface area contributed by atoms with Crippen molar-refractivity contribution in [2.75, 3.05) is 0 Å². The van der Waals surface area contributed by atoms with Crippen LogP contribution in [0.25, 0.3) is 16.9 Å². The van der Waals surface area contributed by atoms with Crippen molar-refractivity contribution < 1.29 is 14.3 Å². The summed E-state index contributed by atoms with van der Waals surface area (Å²) in [5, 5.41) is 0.672. The zero-order valence-electron chi connectivity index (χ0n) is 16.9. The Hall–Kier alpha value is -3.24. The summed E-state index contributed by atoms with van der Waals surface area (Å²) in [6.07, 6.45) is 3.21. The van der Waals surface area contributed by atoms with Gasteiger partial charge in [0.15, 0.2) is 5.78 Å². The van der Waals surface area contributed by atoms with Crippen molar-refractivity contribution in [2.24, 2.45) is 0 Å². The Labute approximate surface area is 180 Å². The van der Waals surface area contributed by atoms with Gasteiger partial charge in [-0.3, -0.25) is 14.6 Å². The highest BCUT2D eigenvalue weighted by molar-refractivity contribution is 6.30. The third-order valence-corrected chi connectivity index (χ3v) is 5.65. The van der Waals surface area contributed by atoms with E-state index in [0.29, 0.717) is 21.7 Å². The van der Waals surface area contributed by atoms with Crippen LogP contribution in [0.3, 0.4) is 0 Å². The number of allylic oxidation sites excluding steroid dienone is 1. The number of nitrogens with zero attached hydrogens (tertiary/aromatic N) is 1. The summed E-state index contributed by atoms with van der Waals surface area (Å²) >= 11 is 5.99. The summed E-state index contributed by atoms with van der Waals surface area (Å²) in [5.74, 6) is -1.49. The average Bonchev–Trinajstić information content (AvgIpc) is 2.73. The largest absolute Gasteiger partial charge is 0.425 e. The fraction of sp³-hybridized carbons (Fsp3) is 0.160. The smallest absolute Gasteiger partial charge is 0.326 e. The van der Waals surface area contributed by atoms with Gasteiger partial charge in [0.05, 0.1) is 0 Å². The van der Waals surface area contributed by atoms with Gasteiger partial charge in [0.2, 0.25) is 0 Å². The zero-order chi connectivity index (χ0) is 21.4. The number of hydrogen-bond donors (Lipinski definition) is 0. The Morgan fingerprint density at radius 2 is 1.57 bits per heavy atom. The molecule has 30 heavy (non-hydrogen) atoms. The van der Waals surface area contributed by atoms with E-state index in [1.165, 1.54) is 0 Å². The summed E-state index contributed by atoms with van der Waals surface area (Å²) in [4.78, 5) is 30.2. The highest BCUT2D eigenvalue weighted by Gasteiger charge is 2.39. The number of pyridine rings is 1. The zero-order valence-corrected chi connectivity index (χ0v) is 17.7. The molecule has 2 heterocycles. The number of cyclic esters (lactones) is 1. The highest BCUT2D eigenvalue weighted by atomic mass is 35.5. The molecule has 0 radical (unpaired) electrons. The molecule has 1 aromatic heterocycles. The van der Waals surface area contributed by atoms with Crippen molar-refractivity contribution in [3.05, 3.63) is 93.8 Å². The molecule has 0 bridgehead atoms. The van der Waals surface area contributed by atoms with Crippen molar-refractivity contribution in [1.29, 1.82) is 0 Å². The molecule has 0 saturated carbocycles. The predicted octanol–water partition coefficient (Wildman–Crippen LogP) is 5.66. The van der Waals surface area contributed by atoms with E-state index >= 15 is 0 Å². The Bertz CT molecular complexity index is 1160. The summed E-state index contributed by atoms with van der Waals surface area (Å²) in [5.41, 5.74) is 5.50. The molecule has 0 saturated heterocycles. The van der Waals surface area contributed by atoms with Gasteiger partial charge in [-0.1, -0.05) is 35.9 Å². The number of ketones is 1. The number of rotatable bonds is 3. The summed E-state index contributed by atoms with van der Waals surface area (Å²) in [6.45, 7) is 5.52. The lowest BCUT2D eigenvalue weighted by Crippen LogP contribution is -2.31. The van der Waals surface area contributed by atoms with E-state index in [0.717, 1.165) is 22.3 Å². The number of carbonyl (C=O) groups excluding carboxylic acids is 2. The van der Waals surface area contributed by atoms with Gasteiger partial charge >= 0.3 is 5.97 Å². The van der Waals surface area contributed by atoms with Crippen molar-refractivity contribution in [3.8, 4) is 11.1 Å². The molecule has 0 aliphatic carbocycles. The summed E-state index contributed by atoms with van der Waals surface area (Å²) in [7, 11) is 0. The normalized spacial score (nSPS) is 16.6. The number of Topliss-reactive ketones (excluding diaryl/α,β-unsaturated/α-hetero) is 1. The van der Waals surface area contributed by atoms with E-state index < -0.39 is 11.9 Å². The molecule has 1 unspecified atom stereocenters. The molecule has 1 aliphatic rings. The van der Waals surface area contributed by atoms with E-state index in [4.69, 9.17) is 16.3 Å². The molecule has 0 fully saturated rings. The van der Waals surface area contributed by atoms with Crippen LogP contribution >= 0.6 is 11.6 Å². The van der Waals surface area contributed by atoms with Gasteiger partial charge in [0, 0.05) is 28.6 Å². The van der Waals surface area contributed by atoms with Gasteiger partial charge < -0.3 is 4.74 Å². The van der Waals surface area contributed by atoms with E-state index in [-0.39, 0.29) is 11.5 Å². The molecule has 5 heteroatoms. The number of benzene rings is 2. The predicted molar refractivity (Wildman–Crippen MR) is 117 cm³/mol. The number of esters is 1. The number of ether oxygens (including phenoxy) is 1. The molecule has 4 rings (SSSR count). The van der Waals surface area contributed by atoms with Crippen molar-refractivity contribution in [2.45, 2.75) is 26.7 Å². The first-order chi connectivity index (χ1) is 14.4. The molecule has 3 aromatic rings. The van der Waals surface area contributed by atoms with Crippen LogP contribution in [-0.2, 0) is 14.3 Å². The minimum absolute atomic E-state index is 0.240. The van der Waals surface area contributed by atoms with Crippen molar-refractivity contribution >= 4 is 29.1 Å². The SMILES string of the molecule is CC1=C(c2cccnc2)OC(=O)C(c2c(C)cc(-c3ccc(Cl)cc3)cc2C)C1=O. The average molecular weight is 418 g/mol. The fourth-order valence-electron chi connectivity index (χ4n) is 3.93. The van der Waals surface area contributed by atoms with E-state index in [2.05, 4.69) is 4.98 Å². The monoisotopic (exact) mass is 417 g/mol. The molecule has 0 amide bonds. The minimum Gasteiger partial charge on any atom is -0.425 e. The second-order valence-corrected chi connectivity index (χ2v) is 7.88. The first-order valence-corrected chi connectivity index (χ1v) is 9.99. The Morgan fingerprint density at radius 1 is 0.900 bits per heavy atom. The Balaban J connectivity index is 1.76. The number of carbonyl (C=O) groups is 2. The lowest BCUT2D eigenvalue weighted by molar-refractivity contribution is -0.143. The molecular weight excluding hydrogens is 398 g/mol. The van der Waals surface area contributed by atoms with Crippen LogP contribution in [0.4, 0.5) is 0 Å². The van der Waals surface area contributed by atoms with Crippen LogP contribution in [-0.4, -0.2) is 16.7 Å². The first-order valence-electron chi connectivity index (χ1n) is 9.61. The van der Waals surface area contributed by atoms with Gasteiger partial charge in [0.25, 0.3) is 0 Å². The molecule has 2 aromatic carbocycles. The third kappa shape index (κ3) is 3.55. The van der Waals surface area contributed by atoms with Crippen LogP contribution in [0.2, 0.25) is 5.02 Å². The lowest BCUT2D eigenvalue weighted by atomic mass is 9.82. The maximum atomic E-state index is 13.2. The minimum atomic E-state index is -0.968. The molecule has 4 nitrogen and oxygen atoms in total. The van der Waals surface area contributed by atoms with Crippen molar-refractivity contribution in [1.82, 2.24) is 4.98 Å². The standard InChI is InChI=1S/C25H20ClNO3/c1-14-11-19(17-6-8-20(26)9-7-17)12-15(2)21(14)22-23(28)16(3)24(30-25(22)29)18-5-4-10-27-13-18/h4-13,22H,1-3H3. The van der Waals surface area contributed by atoms with E-state index in [1.54, 1.807) is 31.5 Å². The molecule has 1 aliphatic heterocycles. The maximum absolute atomic E-state index is 13.2. The van der Waals surface area contributed by atoms with Crippen LogP contribution in [0.5, 0.6) is 0 Å². The molecule has 1 atom stereocenters. The number of aryl methyl sites for hydroxylation is 2. The second kappa shape index (κ2) is 7.88. The van der Waals surface area contributed by atoms with Crippen LogP contribution in [0.1, 0.15) is 35.1 Å². The summed E-state index contributed by atoms with van der Waals surface area (Å²) in [6, 6.07) is 15.1. The number of aromatic nitrogens is 1. The second-order valence-electron chi connectivity index (χ2n) is 7.44. The van der Waals surface area contributed by atoms with E-state index in [1.807, 2.05) is 50.2 Å². The van der Waals surface area contributed by atoms with E-state index in [9.17, 15) is 9.59 Å². The Morgan fingerprint density at radius 3 is 2.17 bits per heavy atom. The first kappa shape index (κ1) is 20.0. The van der Waals surface area contributed by atoms with Gasteiger partial charge in [-0.15, -0.1) is 0 Å². The van der Waals surface area contributed by atoms with Gasteiger partial charge in [-0.05, 0) is 72.9 Å². The van der Waals surface area contributed by atoms with Gasteiger partial charge in [-0.25, -0.2) is 0 Å². The summed E-state index contributed by atoms with van der Waals surface area (Å²) < 4.78 is 5.63. The van der Waals surface area contributed by atoms with Crippen LogP contribution in [0, 0.1) is 13.8 Å². The molecular formula is C25H20ClNO3. The molecule has 0 N–H and O–H groups in total. The fourth-order valence-corrected chi connectivity index (χ4v) is 4.06. The lowest BCUT2D eigenvalue weighted by Gasteiger charge is -2.26. The quantitative estimate of drug-likeness (QED) is 0.407. The number of hydrogen-bond acceptors (Lipinski definition) is 4. The van der Waals surface area contributed by atoms with Crippen molar-refractivity contribution in [3.63, 3.8) is 0 Å². The molecule has 0 spiro atoms. The van der Waals surface area contributed by atoms with Crippen LogP contribution < -0.4 is 0 Å². The van der Waals surface area contributed by atoms with Gasteiger partial charge in [0.1, 0.15) is 11.7 Å². The molecule has 150 valence electrons. The topological polar surface area (TPSA) is 56.3 Å². The van der Waals surface area contributed by atoms with Crippen LogP contribution in [0.15, 0.2) is 66.5 Å². The Kier molecular flexibility index (Phi) is 5.27. The van der Waals surface area contributed by atoms with Gasteiger partial charge in [-0.2, -0.15) is 0 Å². The third-order valence-electron chi connectivity index (χ3n) is 5.39. The highest BCUT2D eigenvalue weighted by Crippen LogP contribution is 2.37. The maximum Gasteiger partial charge on any atom is 0.326 e.